The number of benzene rings is 3. The first-order valence-electron chi connectivity index (χ1n) is 9.76. The summed E-state index contributed by atoms with van der Waals surface area (Å²) < 4.78 is 80.8. The summed E-state index contributed by atoms with van der Waals surface area (Å²) in [5, 5.41) is 0. The van der Waals surface area contributed by atoms with Gasteiger partial charge in [-0.3, -0.25) is 0 Å². The Balaban J connectivity index is 1.87. The summed E-state index contributed by atoms with van der Waals surface area (Å²) in [6.45, 7) is 0. The van der Waals surface area contributed by atoms with E-state index in [9.17, 15) is 22.0 Å². The highest BCUT2D eigenvalue weighted by Gasteiger charge is 2.33. The van der Waals surface area contributed by atoms with Gasteiger partial charge in [-0.05, 0) is 29.3 Å². The highest BCUT2D eigenvalue weighted by molar-refractivity contribution is 5.75. The Kier molecular flexibility index (Phi) is 6.22. The van der Waals surface area contributed by atoms with E-state index in [0.717, 1.165) is 5.56 Å². The first kappa shape index (κ1) is 22.2. The topological polar surface area (TPSA) is 20.5 Å². The average molecular weight is 455 g/mol. The predicted molar refractivity (Wildman–Crippen MR) is 116 cm³/mol. The Morgan fingerprint density at radius 2 is 1.27 bits per heavy atom. The number of methoxy groups -OCH3 is 1. The van der Waals surface area contributed by atoms with Crippen molar-refractivity contribution < 1.29 is 31.1 Å². The second-order valence-electron chi connectivity index (χ2n) is 7.03. The van der Waals surface area contributed by atoms with Crippen LogP contribution in [0, 0.1) is 29.1 Å². The van der Waals surface area contributed by atoms with Gasteiger partial charge in [-0.2, -0.15) is 0 Å². The lowest BCUT2D eigenvalue weighted by atomic mass is 10.0. The van der Waals surface area contributed by atoms with Gasteiger partial charge < -0.3 is 4.74 Å². The van der Waals surface area contributed by atoms with Crippen molar-refractivity contribution in [2.75, 3.05) is 7.11 Å². The van der Waals surface area contributed by atoms with E-state index < -0.39 is 40.4 Å². The molecule has 0 spiro atoms. The maximum Gasteiger partial charge on any atom is 0.367 e. The van der Waals surface area contributed by atoms with Gasteiger partial charge in [0.05, 0.1) is 19.2 Å². The molecule has 7 heteroatoms. The van der Waals surface area contributed by atoms with Crippen LogP contribution in [0.1, 0.15) is 11.3 Å². The highest BCUT2D eigenvalue weighted by Crippen LogP contribution is 2.35. The molecule has 0 unspecified atom stereocenters. The van der Waals surface area contributed by atoms with Crippen LogP contribution in [-0.2, 0) is 0 Å². The van der Waals surface area contributed by atoms with E-state index in [1.165, 1.54) is 12.1 Å². The molecule has 0 aliphatic rings. The molecule has 1 aromatic heterocycles. The molecule has 4 aromatic rings. The zero-order chi connectivity index (χ0) is 23.5. The summed E-state index contributed by atoms with van der Waals surface area (Å²) in [4.78, 5) is 0. The Labute approximate surface area is 186 Å². The predicted octanol–water partition coefficient (Wildman–Crippen LogP) is 7.77. The maximum atomic E-state index is 14.5. The zero-order valence-electron chi connectivity index (χ0n) is 17.2. The summed E-state index contributed by atoms with van der Waals surface area (Å²) in [5.41, 5.74) is 0.768. The fourth-order valence-electron chi connectivity index (χ4n) is 3.24. The number of hydrogen-bond acceptors (Lipinski definition) is 1. The molecule has 2 nitrogen and oxygen atoms in total. The lowest BCUT2D eigenvalue weighted by Crippen LogP contribution is -2.04. The molecule has 4 rings (SSSR count). The van der Waals surface area contributed by atoms with E-state index in [4.69, 9.17) is 9.15 Å². The Morgan fingerprint density at radius 3 is 1.88 bits per heavy atom. The normalized spacial score (nSPS) is 11.2. The zero-order valence-corrected chi connectivity index (χ0v) is 17.2. The van der Waals surface area contributed by atoms with Gasteiger partial charge in [0.2, 0.25) is 5.82 Å². The lowest BCUT2D eigenvalue weighted by molar-refractivity contribution is 0.378. The van der Waals surface area contributed by atoms with Gasteiger partial charge in [0.25, 0.3) is 0 Å². The summed E-state index contributed by atoms with van der Waals surface area (Å²) in [6.07, 6.45) is 3.21. The molecule has 0 aliphatic heterocycles. The summed E-state index contributed by atoms with van der Waals surface area (Å²) in [7, 11) is 1.54. The number of ether oxygens (including phenoxy) is 1. The molecule has 0 saturated heterocycles. The lowest BCUT2D eigenvalue weighted by Gasteiger charge is -2.05. The van der Waals surface area contributed by atoms with Gasteiger partial charge in [0.1, 0.15) is 5.75 Å². The number of hydrogen-bond donors (Lipinski definition) is 0. The molecule has 0 atom stereocenters. The standard InChI is InChI=1S/C26H16F5O2/c1-32-18-10-7-15(8-11-18)9-12-19-13-17(16-5-3-2-4-6-16)14-20(33-19)21-22(27)24(29)26(31)25(30)23(21)28/h2-14H,1H3/q+1/b12-9+. The van der Waals surface area contributed by atoms with Gasteiger partial charge >= 0.3 is 11.5 Å². The van der Waals surface area contributed by atoms with Gasteiger partial charge in [-0.25, -0.2) is 26.4 Å². The van der Waals surface area contributed by atoms with Crippen molar-refractivity contribution in [1.29, 1.82) is 0 Å². The van der Waals surface area contributed by atoms with E-state index >= 15 is 0 Å². The van der Waals surface area contributed by atoms with Crippen LogP contribution in [-0.4, -0.2) is 7.11 Å². The number of rotatable bonds is 5. The van der Waals surface area contributed by atoms with Crippen LogP contribution in [0.25, 0.3) is 34.6 Å². The van der Waals surface area contributed by atoms with Crippen LogP contribution in [0.3, 0.4) is 0 Å². The molecule has 0 bridgehead atoms. The van der Waals surface area contributed by atoms with Gasteiger partial charge in [-0.1, -0.05) is 42.5 Å². The van der Waals surface area contributed by atoms with E-state index in [1.54, 1.807) is 73.8 Å². The minimum Gasteiger partial charge on any atom is -0.497 e. The molecule has 0 N–H and O–H groups in total. The smallest absolute Gasteiger partial charge is 0.367 e. The summed E-state index contributed by atoms with van der Waals surface area (Å²) in [5.74, 6) is -9.94. The highest BCUT2D eigenvalue weighted by atomic mass is 19.2. The van der Waals surface area contributed by atoms with Crippen LogP contribution in [0.4, 0.5) is 22.0 Å². The minimum atomic E-state index is -2.23. The third kappa shape index (κ3) is 4.48. The molecule has 3 aromatic carbocycles. The van der Waals surface area contributed by atoms with Gasteiger partial charge in [0.15, 0.2) is 28.8 Å². The summed E-state index contributed by atoms with van der Waals surface area (Å²) in [6, 6.07) is 18.7. The van der Waals surface area contributed by atoms with Crippen molar-refractivity contribution in [1.82, 2.24) is 0 Å². The third-order valence-electron chi connectivity index (χ3n) is 4.93. The SMILES string of the molecule is COc1ccc(/C=C/c2cc(-c3ccccc3)cc(-c3c(F)c(F)c(F)c(F)c3F)[o+]2)cc1. The van der Waals surface area contributed by atoms with Gasteiger partial charge in [0, 0.05) is 11.6 Å². The van der Waals surface area contributed by atoms with Crippen LogP contribution in [0.15, 0.2) is 71.1 Å². The minimum absolute atomic E-state index is 0.145. The Hall–Kier alpha value is -4.00. The van der Waals surface area contributed by atoms with Crippen molar-refractivity contribution in [3.8, 4) is 28.2 Å². The first-order chi connectivity index (χ1) is 15.9. The van der Waals surface area contributed by atoms with Crippen molar-refractivity contribution in [3.05, 3.63) is 107 Å². The molecule has 33 heavy (non-hydrogen) atoms. The van der Waals surface area contributed by atoms with Crippen LogP contribution < -0.4 is 4.74 Å². The molecule has 0 aliphatic carbocycles. The second kappa shape index (κ2) is 9.24. The van der Waals surface area contributed by atoms with Crippen LogP contribution in [0.2, 0.25) is 0 Å². The molecule has 1 heterocycles. The van der Waals surface area contributed by atoms with E-state index in [2.05, 4.69) is 0 Å². The van der Waals surface area contributed by atoms with Crippen molar-refractivity contribution in [2.45, 2.75) is 0 Å². The Morgan fingerprint density at radius 1 is 0.667 bits per heavy atom. The van der Waals surface area contributed by atoms with E-state index in [1.807, 2.05) is 0 Å². The molecule has 0 fully saturated rings. The molecular weight excluding hydrogens is 439 g/mol. The van der Waals surface area contributed by atoms with Crippen LogP contribution >= 0.6 is 0 Å². The molecule has 0 radical (unpaired) electrons. The van der Waals surface area contributed by atoms with Crippen LogP contribution in [0.5, 0.6) is 5.75 Å². The fraction of sp³-hybridized carbons (Fsp3) is 0.0385. The monoisotopic (exact) mass is 455 g/mol. The fourth-order valence-corrected chi connectivity index (χ4v) is 3.24. The quantitative estimate of drug-likeness (QED) is 0.133. The molecular formula is C26H16F5O2+. The van der Waals surface area contributed by atoms with E-state index in [0.29, 0.717) is 16.9 Å². The molecule has 0 amide bonds. The maximum absolute atomic E-state index is 14.5. The average Bonchev–Trinajstić information content (AvgIpc) is 2.86. The molecule has 166 valence electrons. The molecule has 0 saturated carbocycles. The first-order valence-corrected chi connectivity index (χ1v) is 9.76. The summed E-state index contributed by atoms with van der Waals surface area (Å²) >= 11 is 0. The van der Waals surface area contributed by atoms with Crippen molar-refractivity contribution in [3.63, 3.8) is 0 Å². The Bertz CT molecular complexity index is 1300. The number of halogens is 5. The second-order valence-corrected chi connectivity index (χ2v) is 7.03. The van der Waals surface area contributed by atoms with E-state index in [-0.39, 0.29) is 5.76 Å². The van der Waals surface area contributed by atoms with Crippen molar-refractivity contribution >= 4 is 12.2 Å². The third-order valence-corrected chi connectivity index (χ3v) is 4.93. The van der Waals surface area contributed by atoms with Gasteiger partial charge in [-0.15, -0.1) is 0 Å². The van der Waals surface area contributed by atoms with Crippen molar-refractivity contribution in [2.24, 2.45) is 0 Å². The largest absolute Gasteiger partial charge is 0.497 e.